The van der Waals surface area contributed by atoms with Gasteiger partial charge in [0.1, 0.15) is 5.69 Å². The normalized spacial score (nSPS) is 20.3. The van der Waals surface area contributed by atoms with E-state index < -0.39 is 0 Å². The third kappa shape index (κ3) is 2.16. The van der Waals surface area contributed by atoms with Crippen LogP contribution in [0.2, 0.25) is 0 Å². The van der Waals surface area contributed by atoms with Gasteiger partial charge in [-0.1, -0.05) is 0 Å². The molecule has 0 spiro atoms. The highest BCUT2D eigenvalue weighted by Gasteiger charge is 2.27. The quantitative estimate of drug-likeness (QED) is 0.650. The van der Waals surface area contributed by atoms with E-state index in [1.165, 1.54) is 6.20 Å². The van der Waals surface area contributed by atoms with Crippen molar-refractivity contribution in [3.05, 3.63) is 22.4 Å². The Labute approximate surface area is 92.3 Å². The van der Waals surface area contributed by atoms with E-state index in [2.05, 4.69) is 9.97 Å². The Hall–Kier alpha value is -1.56. The summed E-state index contributed by atoms with van der Waals surface area (Å²) in [6, 6.07) is 0. The highest BCUT2D eigenvalue weighted by Crippen LogP contribution is 2.20. The van der Waals surface area contributed by atoms with Crippen molar-refractivity contribution in [2.75, 3.05) is 19.7 Å². The van der Waals surface area contributed by atoms with E-state index in [1.807, 2.05) is 0 Å². The Balaban J connectivity index is 1.99. The van der Waals surface area contributed by atoms with Crippen LogP contribution in [0.1, 0.15) is 23.3 Å². The molecule has 1 saturated heterocycles. The number of aromatic amines is 2. The molecule has 1 amide bonds. The monoisotopic (exact) mass is 225 g/mol. The molecular weight excluding hydrogens is 210 g/mol. The summed E-state index contributed by atoms with van der Waals surface area (Å²) in [4.78, 5) is 29.3. The SMILES string of the molecule is O=C(c1c[nH]c(=O)[nH]1)N1CCC(CCO)C1. The maximum atomic E-state index is 11.9. The summed E-state index contributed by atoms with van der Waals surface area (Å²) in [5, 5.41) is 8.82. The summed E-state index contributed by atoms with van der Waals surface area (Å²) >= 11 is 0. The molecular formula is C10H15N3O3. The molecule has 0 saturated carbocycles. The van der Waals surface area contributed by atoms with E-state index in [4.69, 9.17) is 5.11 Å². The van der Waals surface area contributed by atoms with Crippen LogP contribution < -0.4 is 5.69 Å². The summed E-state index contributed by atoms with van der Waals surface area (Å²) < 4.78 is 0. The average Bonchev–Trinajstić information content (AvgIpc) is 2.87. The van der Waals surface area contributed by atoms with Gasteiger partial charge in [-0.15, -0.1) is 0 Å². The van der Waals surface area contributed by atoms with Gasteiger partial charge in [-0.3, -0.25) is 4.79 Å². The molecule has 88 valence electrons. The summed E-state index contributed by atoms with van der Waals surface area (Å²) in [6.07, 6.45) is 3.04. The minimum atomic E-state index is -0.366. The Kier molecular flexibility index (Phi) is 3.09. The van der Waals surface area contributed by atoms with Crippen molar-refractivity contribution in [2.24, 2.45) is 5.92 Å². The number of aromatic nitrogens is 2. The zero-order chi connectivity index (χ0) is 11.5. The number of nitrogens with one attached hydrogen (secondary N) is 2. The molecule has 1 unspecified atom stereocenters. The fourth-order valence-electron chi connectivity index (χ4n) is 2.05. The molecule has 2 rings (SSSR count). The molecule has 16 heavy (non-hydrogen) atoms. The largest absolute Gasteiger partial charge is 0.396 e. The van der Waals surface area contributed by atoms with E-state index in [-0.39, 0.29) is 18.2 Å². The first-order valence-corrected chi connectivity index (χ1v) is 5.38. The number of nitrogens with zero attached hydrogens (tertiary/aromatic N) is 1. The second-order valence-electron chi connectivity index (χ2n) is 4.07. The predicted octanol–water partition coefficient (Wildman–Crippen LogP) is -0.453. The van der Waals surface area contributed by atoms with Crippen molar-refractivity contribution in [3.8, 4) is 0 Å². The summed E-state index contributed by atoms with van der Waals surface area (Å²) in [6.45, 7) is 1.51. The minimum absolute atomic E-state index is 0.154. The molecule has 6 heteroatoms. The van der Waals surface area contributed by atoms with Crippen LogP contribution in [0.4, 0.5) is 0 Å². The number of hydrogen-bond acceptors (Lipinski definition) is 3. The van der Waals surface area contributed by atoms with E-state index >= 15 is 0 Å². The highest BCUT2D eigenvalue weighted by atomic mass is 16.3. The van der Waals surface area contributed by atoms with Crippen molar-refractivity contribution in [3.63, 3.8) is 0 Å². The predicted molar refractivity (Wildman–Crippen MR) is 57.1 cm³/mol. The molecule has 2 heterocycles. The molecule has 1 aliphatic heterocycles. The molecule has 3 N–H and O–H groups in total. The first kappa shape index (κ1) is 10.9. The van der Waals surface area contributed by atoms with Crippen LogP contribution in [0.25, 0.3) is 0 Å². The van der Waals surface area contributed by atoms with E-state index in [9.17, 15) is 9.59 Å². The van der Waals surface area contributed by atoms with Gasteiger partial charge < -0.3 is 20.0 Å². The molecule has 1 aliphatic rings. The highest BCUT2D eigenvalue weighted by molar-refractivity contribution is 5.92. The van der Waals surface area contributed by atoms with Crippen molar-refractivity contribution >= 4 is 5.91 Å². The number of aliphatic hydroxyl groups excluding tert-OH is 1. The number of rotatable bonds is 3. The minimum Gasteiger partial charge on any atom is -0.396 e. The molecule has 1 fully saturated rings. The van der Waals surface area contributed by atoms with Gasteiger partial charge in [-0.2, -0.15) is 0 Å². The van der Waals surface area contributed by atoms with Crippen LogP contribution in [0.3, 0.4) is 0 Å². The van der Waals surface area contributed by atoms with Crippen LogP contribution in [0, 0.1) is 5.92 Å². The standard InChI is InChI=1S/C10H15N3O3/c14-4-2-7-1-3-13(6-7)9(15)8-5-11-10(16)12-8/h5,7,14H,1-4,6H2,(H2,11,12,16). The second-order valence-corrected chi connectivity index (χ2v) is 4.07. The molecule has 1 atom stereocenters. The lowest BCUT2D eigenvalue weighted by Crippen LogP contribution is -2.29. The number of amides is 1. The Morgan fingerprint density at radius 3 is 3.06 bits per heavy atom. The number of H-pyrrole nitrogens is 2. The van der Waals surface area contributed by atoms with Gasteiger partial charge in [0.05, 0.1) is 0 Å². The lowest BCUT2D eigenvalue weighted by molar-refractivity contribution is 0.0779. The molecule has 1 aromatic heterocycles. The number of aliphatic hydroxyl groups is 1. The van der Waals surface area contributed by atoms with Gasteiger partial charge in [0.15, 0.2) is 0 Å². The summed E-state index contributed by atoms with van der Waals surface area (Å²) in [7, 11) is 0. The lowest BCUT2D eigenvalue weighted by atomic mass is 10.1. The molecule has 0 aromatic carbocycles. The number of carbonyl (C=O) groups is 1. The van der Waals surface area contributed by atoms with Crippen molar-refractivity contribution in [1.82, 2.24) is 14.9 Å². The van der Waals surface area contributed by atoms with E-state index in [1.54, 1.807) is 4.90 Å². The van der Waals surface area contributed by atoms with E-state index in [0.717, 1.165) is 12.8 Å². The maximum absolute atomic E-state index is 11.9. The smallest absolute Gasteiger partial charge is 0.323 e. The maximum Gasteiger partial charge on any atom is 0.323 e. The molecule has 0 aliphatic carbocycles. The molecule has 1 aromatic rings. The van der Waals surface area contributed by atoms with Gasteiger partial charge >= 0.3 is 5.69 Å². The van der Waals surface area contributed by atoms with Crippen molar-refractivity contribution in [2.45, 2.75) is 12.8 Å². The van der Waals surface area contributed by atoms with Gasteiger partial charge in [-0.05, 0) is 18.8 Å². The first-order valence-electron chi connectivity index (χ1n) is 5.38. The third-order valence-corrected chi connectivity index (χ3v) is 2.94. The van der Waals surface area contributed by atoms with Crippen LogP contribution in [0.15, 0.2) is 11.0 Å². The Morgan fingerprint density at radius 1 is 1.62 bits per heavy atom. The zero-order valence-electron chi connectivity index (χ0n) is 8.90. The number of carbonyl (C=O) groups excluding carboxylic acids is 1. The van der Waals surface area contributed by atoms with E-state index in [0.29, 0.717) is 24.7 Å². The van der Waals surface area contributed by atoms with Crippen molar-refractivity contribution < 1.29 is 9.90 Å². The lowest BCUT2D eigenvalue weighted by Gasteiger charge is -2.14. The fourth-order valence-corrected chi connectivity index (χ4v) is 2.05. The van der Waals surface area contributed by atoms with Gasteiger partial charge in [0.25, 0.3) is 5.91 Å². The van der Waals surface area contributed by atoms with Gasteiger partial charge in [0, 0.05) is 25.9 Å². The number of likely N-dealkylation sites (tertiary alicyclic amines) is 1. The van der Waals surface area contributed by atoms with Crippen LogP contribution >= 0.6 is 0 Å². The molecule has 0 bridgehead atoms. The summed E-state index contributed by atoms with van der Waals surface area (Å²) in [5.74, 6) is 0.221. The van der Waals surface area contributed by atoms with Crippen LogP contribution in [0.5, 0.6) is 0 Å². The molecule has 6 nitrogen and oxygen atoms in total. The van der Waals surface area contributed by atoms with Crippen LogP contribution in [-0.4, -0.2) is 45.6 Å². The third-order valence-electron chi connectivity index (χ3n) is 2.94. The summed E-state index contributed by atoms with van der Waals surface area (Å²) in [5.41, 5.74) is -0.0656. The van der Waals surface area contributed by atoms with Crippen molar-refractivity contribution in [1.29, 1.82) is 0 Å². The average molecular weight is 225 g/mol. The Bertz CT molecular complexity index is 423. The topological polar surface area (TPSA) is 89.2 Å². The van der Waals surface area contributed by atoms with Crippen LogP contribution in [-0.2, 0) is 0 Å². The zero-order valence-corrected chi connectivity index (χ0v) is 8.90. The van der Waals surface area contributed by atoms with Gasteiger partial charge in [0.2, 0.25) is 0 Å². The number of imidazole rings is 1. The number of hydrogen-bond donors (Lipinski definition) is 3. The second kappa shape index (κ2) is 4.52. The first-order chi connectivity index (χ1) is 7.70. The van der Waals surface area contributed by atoms with Gasteiger partial charge in [-0.25, -0.2) is 4.79 Å². The Morgan fingerprint density at radius 2 is 2.44 bits per heavy atom. The fraction of sp³-hybridized carbons (Fsp3) is 0.600. The molecule has 0 radical (unpaired) electrons.